The maximum atomic E-state index is 11.6. The van der Waals surface area contributed by atoms with Crippen LogP contribution in [0.25, 0.3) is 0 Å². The summed E-state index contributed by atoms with van der Waals surface area (Å²) >= 11 is 0. The van der Waals surface area contributed by atoms with Crippen molar-refractivity contribution in [2.24, 2.45) is 5.73 Å². The lowest BCUT2D eigenvalue weighted by Crippen LogP contribution is -2.50. The molecule has 5 N–H and O–H groups in total. The molecule has 0 unspecified atom stereocenters. The topological polar surface area (TPSA) is 158 Å². The van der Waals surface area contributed by atoms with Crippen molar-refractivity contribution < 1.29 is 34.5 Å². The van der Waals surface area contributed by atoms with Crippen molar-refractivity contribution in [3.8, 4) is 0 Å². The summed E-state index contributed by atoms with van der Waals surface area (Å²) in [5.74, 6) is -5.11. The van der Waals surface area contributed by atoms with E-state index < -0.39 is 48.4 Å². The lowest BCUT2D eigenvalue weighted by molar-refractivity contribution is -0.146. The first-order valence-electron chi connectivity index (χ1n) is 5.14. The highest BCUT2D eigenvalue weighted by atomic mass is 16.4. The Morgan fingerprint density at radius 1 is 1.16 bits per heavy atom. The SMILES string of the molecule is N[C@@]1(C(=O)O)C[C@@H](C(=O)O)N(C(=O)/C=C\C(=O)O)C1. The molecule has 1 heterocycles. The average Bonchev–Trinajstić information content (AvgIpc) is 2.66. The highest BCUT2D eigenvalue weighted by Crippen LogP contribution is 2.26. The smallest absolute Gasteiger partial charge is 0.328 e. The van der Waals surface area contributed by atoms with Gasteiger partial charge in [0.25, 0.3) is 0 Å². The molecule has 1 aliphatic heterocycles. The Bertz CT molecular complexity index is 472. The molecule has 1 aliphatic rings. The summed E-state index contributed by atoms with van der Waals surface area (Å²) in [4.78, 5) is 44.6. The van der Waals surface area contributed by atoms with Gasteiger partial charge >= 0.3 is 17.9 Å². The van der Waals surface area contributed by atoms with Crippen molar-refractivity contribution in [2.75, 3.05) is 6.54 Å². The number of carboxylic acids is 3. The van der Waals surface area contributed by atoms with Crippen LogP contribution in [0.3, 0.4) is 0 Å². The highest BCUT2D eigenvalue weighted by molar-refractivity contribution is 5.97. The van der Waals surface area contributed by atoms with Gasteiger partial charge in [0.1, 0.15) is 11.6 Å². The minimum Gasteiger partial charge on any atom is -0.480 e. The Hall–Kier alpha value is -2.42. The molecule has 0 aliphatic carbocycles. The maximum absolute atomic E-state index is 11.6. The van der Waals surface area contributed by atoms with Gasteiger partial charge in [-0.05, 0) is 0 Å². The summed E-state index contributed by atoms with van der Waals surface area (Å²) in [7, 11) is 0. The first-order chi connectivity index (χ1) is 8.67. The molecule has 9 heteroatoms. The zero-order valence-electron chi connectivity index (χ0n) is 9.65. The van der Waals surface area contributed by atoms with Gasteiger partial charge in [-0.25, -0.2) is 9.59 Å². The van der Waals surface area contributed by atoms with E-state index in [-0.39, 0.29) is 0 Å². The van der Waals surface area contributed by atoms with E-state index in [1.54, 1.807) is 0 Å². The fraction of sp³-hybridized carbons (Fsp3) is 0.400. The molecule has 19 heavy (non-hydrogen) atoms. The second-order valence-electron chi connectivity index (χ2n) is 4.16. The van der Waals surface area contributed by atoms with E-state index in [9.17, 15) is 19.2 Å². The molecule has 0 aromatic heterocycles. The van der Waals surface area contributed by atoms with Crippen LogP contribution in [0.5, 0.6) is 0 Å². The largest absolute Gasteiger partial charge is 0.480 e. The van der Waals surface area contributed by atoms with Crippen LogP contribution >= 0.6 is 0 Å². The molecule has 0 aromatic carbocycles. The number of hydrogen-bond donors (Lipinski definition) is 4. The van der Waals surface area contributed by atoms with Gasteiger partial charge < -0.3 is 26.0 Å². The number of rotatable bonds is 4. The Morgan fingerprint density at radius 3 is 2.16 bits per heavy atom. The Balaban J connectivity index is 2.98. The van der Waals surface area contributed by atoms with Crippen LogP contribution in [0, 0.1) is 0 Å². The third-order valence-corrected chi connectivity index (χ3v) is 2.75. The summed E-state index contributed by atoms with van der Waals surface area (Å²) in [6.45, 7) is -0.498. The normalized spacial score (nSPS) is 26.6. The van der Waals surface area contributed by atoms with E-state index in [4.69, 9.17) is 21.1 Å². The minimum absolute atomic E-state index is 0.440. The van der Waals surface area contributed by atoms with Crippen LogP contribution in [0.4, 0.5) is 0 Å². The van der Waals surface area contributed by atoms with Crippen LogP contribution in [0.15, 0.2) is 12.2 Å². The molecule has 104 valence electrons. The molecule has 0 aromatic rings. The number of carboxylic acid groups (broad SMARTS) is 3. The first kappa shape index (κ1) is 14.6. The highest BCUT2D eigenvalue weighted by Gasteiger charge is 2.50. The van der Waals surface area contributed by atoms with Crippen LogP contribution in [-0.2, 0) is 19.2 Å². The number of likely N-dealkylation sites (tertiary alicyclic amines) is 1. The van der Waals surface area contributed by atoms with Crippen molar-refractivity contribution in [3.05, 3.63) is 12.2 Å². The van der Waals surface area contributed by atoms with Crippen LogP contribution in [0.1, 0.15) is 6.42 Å². The van der Waals surface area contributed by atoms with Crippen molar-refractivity contribution >= 4 is 23.8 Å². The number of amides is 1. The molecule has 1 rings (SSSR count). The molecule has 2 atom stereocenters. The lowest BCUT2D eigenvalue weighted by atomic mass is 9.98. The molecule has 0 saturated carbocycles. The molecule has 0 bridgehead atoms. The average molecular weight is 272 g/mol. The molecule has 1 fully saturated rings. The number of aliphatic carboxylic acids is 3. The predicted molar refractivity (Wildman–Crippen MR) is 59.1 cm³/mol. The minimum atomic E-state index is -1.85. The standard InChI is InChI=1S/C10H12N2O7/c11-10(9(18)19)3-5(8(16)17)12(4-10)6(13)1-2-7(14)15/h1-2,5H,3-4,11H2,(H,14,15)(H,16,17)(H,18,19)/b2-1-/t5-,10-/m0/s1. The predicted octanol–water partition coefficient (Wildman–Crippen LogP) is -1.91. The van der Waals surface area contributed by atoms with Gasteiger partial charge in [0.2, 0.25) is 5.91 Å². The van der Waals surface area contributed by atoms with Gasteiger partial charge in [0.05, 0.1) is 6.54 Å². The van der Waals surface area contributed by atoms with Gasteiger partial charge in [0, 0.05) is 18.6 Å². The van der Waals surface area contributed by atoms with Crippen LogP contribution < -0.4 is 5.73 Å². The number of carbonyl (C=O) groups excluding carboxylic acids is 1. The summed E-state index contributed by atoms with van der Waals surface area (Å²) in [5, 5.41) is 26.2. The number of nitrogens with two attached hydrogens (primary N) is 1. The summed E-state index contributed by atoms with van der Waals surface area (Å²) in [6, 6.07) is -1.40. The Kier molecular flexibility index (Phi) is 3.90. The monoisotopic (exact) mass is 272 g/mol. The third kappa shape index (κ3) is 3.07. The van der Waals surface area contributed by atoms with Gasteiger partial charge in [-0.1, -0.05) is 0 Å². The lowest BCUT2D eigenvalue weighted by Gasteiger charge is -2.20. The van der Waals surface area contributed by atoms with E-state index >= 15 is 0 Å². The zero-order valence-corrected chi connectivity index (χ0v) is 9.65. The fourth-order valence-corrected chi connectivity index (χ4v) is 1.78. The van der Waals surface area contributed by atoms with E-state index in [0.717, 1.165) is 4.90 Å². The van der Waals surface area contributed by atoms with Crippen molar-refractivity contribution in [1.29, 1.82) is 0 Å². The van der Waals surface area contributed by atoms with E-state index in [1.165, 1.54) is 0 Å². The van der Waals surface area contributed by atoms with Gasteiger partial charge in [-0.3, -0.25) is 9.59 Å². The second-order valence-corrected chi connectivity index (χ2v) is 4.16. The number of nitrogens with zero attached hydrogens (tertiary/aromatic N) is 1. The van der Waals surface area contributed by atoms with E-state index in [1.807, 2.05) is 0 Å². The van der Waals surface area contributed by atoms with Crippen LogP contribution in [-0.4, -0.2) is 62.2 Å². The zero-order chi connectivity index (χ0) is 14.8. The molecule has 1 saturated heterocycles. The summed E-state index contributed by atoms with van der Waals surface area (Å²) in [6.07, 6.45) is 0.759. The van der Waals surface area contributed by atoms with Gasteiger partial charge in [-0.15, -0.1) is 0 Å². The van der Waals surface area contributed by atoms with E-state index in [0.29, 0.717) is 12.2 Å². The van der Waals surface area contributed by atoms with Crippen molar-refractivity contribution in [2.45, 2.75) is 18.0 Å². The number of carbonyl (C=O) groups is 4. The Labute approximate surface area is 106 Å². The molecule has 0 radical (unpaired) electrons. The number of hydrogen-bond acceptors (Lipinski definition) is 5. The van der Waals surface area contributed by atoms with Gasteiger partial charge in [-0.2, -0.15) is 0 Å². The fourth-order valence-electron chi connectivity index (χ4n) is 1.78. The van der Waals surface area contributed by atoms with Crippen molar-refractivity contribution in [3.63, 3.8) is 0 Å². The van der Waals surface area contributed by atoms with Gasteiger partial charge in [0.15, 0.2) is 0 Å². The summed E-state index contributed by atoms with van der Waals surface area (Å²) in [5.41, 5.74) is 3.67. The van der Waals surface area contributed by atoms with Crippen LogP contribution in [0.2, 0.25) is 0 Å². The molecule has 9 nitrogen and oxygen atoms in total. The molecular weight excluding hydrogens is 260 g/mol. The van der Waals surface area contributed by atoms with E-state index in [2.05, 4.69) is 0 Å². The Morgan fingerprint density at radius 2 is 1.74 bits per heavy atom. The summed E-state index contributed by atoms with van der Waals surface area (Å²) < 4.78 is 0. The van der Waals surface area contributed by atoms with Crippen molar-refractivity contribution in [1.82, 2.24) is 4.90 Å². The first-order valence-corrected chi connectivity index (χ1v) is 5.14. The third-order valence-electron chi connectivity index (χ3n) is 2.75. The quantitative estimate of drug-likeness (QED) is 0.432. The molecule has 1 amide bonds. The second kappa shape index (κ2) is 5.06. The molecular formula is C10H12N2O7. The maximum Gasteiger partial charge on any atom is 0.328 e. The molecule has 0 spiro atoms.